The number of hydrogen-bond acceptors (Lipinski definition) is 2. The summed E-state index contributed by atoms with van der Waals surface area (Å²) in [6.07, 6.45) is 21.7. The molecule has 0 aromatic rings. The molecule has 24 heavy (non-hydrogen) atoms. The molecule has 0 aromatic carbocycles. The smallest absolute Gasteiger partial charge is 0.309 e. The molecule has 2 aliphatic carbocycles. The molecule has 2 rings (SSSR count). The molecule has 2 nitrogen and oxygen atoms in total. The van der Waals surface area contributed by atoms with E-state index in [0.29, 0.717) is 11.8 Å². The van der Waals surface area contributed by atoms with E-state index in [1.54, 1.807) is 0 Å². The molecule has 0 aliphatic heterocycles. The van der Waals surface area contributed by atoms with Crippen LogP contribution in [0, 0.1) is 17.8 Å². The fourth-order valence-electron chi connectivity index (χ4n) is 3.99. The third-order valence-electron chi connectivity index (χ3n) is 5.61. The predicted molar refractivity (Wildman–Crippen MR) is 101 cm³/mol. The molecular weight excluding hydrogens is 296 g/mol. The first-order chi connectivity index (χ1) is 11.7. The van der Waals surface area contributed by atoms with Crippen molar-refractivity contribution in [3.63, 3.8) is 0 Å². The Labute approximate surface area is 148 Å². The molecule has 2 fully saturated rings. The lowest BCUT2D eigenvalue weighted by Crippen LogP contribution is -2.29. The van der Waals surface area contributed by atoms with E-state index >= 15 is 0 Å². The molecular formula is C22H36O2. The Morgan fingerprint density at radius 2 is 1.46 bits per heavy atom. The van der Waals surface area contributed by atoms with Crippen molar-refractivity contribution in [2.24, 2.45) is 17.8 Å². The van der Waals surface area contributed by atoms with Crippen LogP contribution in [0.1, 0.15) is 84.5 Å². The lowest BCUT2D eigenvalue weighted by atomic mass is 9.81. The van der Waals surface area contributed by atoms with Crippen LogP contribution in [0.5, 0.6) is 0 Å². The van der Waals surface area contributed by atoms with Crippen LogP contribution >= 0.6 is 0 Å². The van der Waals surface area contributed by atoms with E-state index in [9.17, 15) is 4.79 Å². The standard InChI is InChI=1S/C22H36O2/c1-3-5-7-9-19-10-14-20(15-11-19)22(23)24-21-16-12-18(13-17-21)8-6-4-2/h6-9,18-21H,3-5,10-17H2,1-2H3. The second-order valence-electron chi connectivity index (χ2n) is 7.64. The van der Waals surface area contributed by atoms with E-state index in [1.165, 1.54) is 25.7 Å². The third-order valence-corrected chi connectivity index (χ3v) is 5.61. The molecule has 2 heteroatoms. The first-order valence-electron chi connectivity index (χ1n) is 10.3. The van der Waals surface area contributed by atoms with Gasteiger partial charge in [0.1, 0.15) is 6.10 Å². The molecule has 0 atom stereocenters. The van der Waals surface area contributed by atoms with Crippen LogP contribution in [-0.4, -0.2) is 12.1 Å². The lowest BCUT2D eigenvalue weighted by Gasteiger charge is -2.30. The Kier molecular flexibility index (Phi) is 8.63. The van der Waals surface area contributed by atoms with Gasteiger partial charge in [0.2, 0.25) is 0 Å². The lowest BCUT2D eigenvalue weighted by molar-refractivity contribution is -0.157. The summed E-state index contributed by atoms with van der Waals surface area (Å²) in [6, 6.07) is 0. The van der Waals surface area contributed by atoms with Crippen molar-refractivity contribution in [1.82, 2.24) is 0 Å². The average Bonchev–Trinajstić information content (AvgIpc) is 2.62. The van der Waals surface area contributed by atoms with Crippen LogP contribution in [0.2, 0.25) is 0 Å². The van der Waals surface area contributed by atoms with Gasteiger partial charge in [-0.3, -0.25) is 4.79 Å². The molecule has 0 spiro atoms. The van der Waals surface area contributed by atoms with Crippen molar-refractivity contribution in [1.29, 1.82) is 0 Å². The minimum Gasteiger partial charge on any atom is -0.462 e. The first kappa shape index (κ1) is 19.3. The van der Waals surface area contributed by atoms with Gasteiger partial charge in [-0.1, -0.05) is 44.6 Å². The topological polar surface area (TPSA) is 26.3 Å². The highest BCUT2D eigenvalue weighted by molar-refractivity contribution is 5.72. The van der Waals surface area contributed by atoms with Crippen LogP contribution < -0.4 is 0 Å². The quantitative estimate of drug-likeness (QED) is 0.409. The molecule has 0 saturated heterocycles. The Morgan fingerprint density at radius 1 is 0.875 bits per heavy atom. The van der Waals surface area contributed by atoms with Crippen LogP contribution in [0.15, 0.2) is 24.3 Å². The van der Waals surface area contributed by atoms with E-state index in [-0.39, 0.29) is 18.0 Å². The van der Waals surface area contributed by atoms with Crippen LogP contribution in [0.4, 0.5) is 0 Å². The van der Waals surface area contributed by atoms with E-state index in [0.717, 1.165) is 44.9 Å². The SMILES string of the molecule is CCC=CC1CCC(OC(=O)C2CCC(C=CCCC)CC2)CC1. The normalized spacial score (nSPS) is 31.6. The molecule has 0 N–H and O–H groups in total. The molecule has 0 heterocycles. The summed E-state index contributed by atoms with van der Waals surface area (Å²) in [7, 11) is 0. The van der Waals surface area contributed by atoms with Crippen molar-refractivity contribution in [3.05, 3.63) is 24.3 Å². The highest BCUT2D eigenvalue weighted by Gasteiger charge is 2.29. The maximum atomic E-state index is 12.4. The van der Waals surface area contributed by atoms with Gasteiger partial charge in [0.25, 0.3) is 0 Å². The fraction of sp³-hybridized carbons (Fsp3) is 0.773. The zero-order valence-electron chi connectivity index (χ0n) is 15.7. The molecule has 0 aromatic heterocycles. The number of carbonyl (C=O) groups is 1. The molecule has 2 saturated carbocycles. The zero-order valence-corrected chi connectivity index (χ0v) is 15.7. The molecule has 136 valence electrons. The molecule has 0 radical (unpaired) electrons. The van der Waals surface area contributed by atoms with Gasteiger partial charge in [-0.25, -0.2) is 0 Å². The Hall–Kier alpha value is -1.05. The minimum atomic E-state index is 0.0820. The Bertz CT molecular complexity index is 408. The number of esters is 1. The predicted octanol–water partition coefficient (Wildman–Crippen LogP) is 6.22. The highest BCUT2D eigenvalue weighted by atomic mass is 16.5. The number of ether oxygens (including phenoxy) is 1. The molecule has 0 unspecified atom stereocenters. The van der Waals surface area contributed by atoms with Gasteiger partial charge < -0.3 is 4.74 Å². The molecule has 0 bridgehead atoms. The van der Waals surface area contributed by atoms with E-state index in [2.05, 4.69) is 38.2 Å². The van der Waals surface area contributed by atoms with Gasteiger partial charge in [0, 0.05) is 0 Å². The number of unbranched alkanes of at least 4 members (excludes halogenated alkanes) is 1. The monoisotopic (exact) mass is 332 g/mol. The van der Waals surface area contributed by atoms with Crippen molar-refractivity contribution in [3.8, 4) is 0 Å². The van der Waals surface area contributed by atoms with Gasteiger partial charge in [-0.15, -0.1) is 0 Å². The van der Waals surface area contributed by atoms with Crippen molar-refractivity contribution >= 4 is 5.97 Å². The number of carbonyl (C=O) groups excluding carboxylic acids is 1. The maximum Gasteiger partial charge on any atom is 0.309 e. The summed E-state index contributed by atoms with van der Waals surface area (Å²) in [6.45, 7) is 4.39. The fourth-order valence-corrected chi connectivity index (χ4v) is 3.99. The van der Waals surface area contributed by atoms with Gasteiger partial charge >= 0.3 is 5.97 Å². The largest absolute Gasteiger partial charge is 0.462 e. The second kappa shape index (κ2) is 10.7. The van der Waals surface area contributed by atoms with E-state index in [1.807, 2.05) is 0 Å². The van der Waals surface area contributed by atoms with Crippen molar-refractivity contribution in [2.45, 2.75) is 90.6 Å². The van der Waals surface area contributed by atoms with E-state index < -0.39 is 0 Å². The summed E-state index contributed by atoms with van der Waals surface area (Å²) in [5.74, 6) is 1.61. The van der Waals surface area contributed by atoms with Gasteiger partial charge in [0.15, 0.2) is 0 Å². The summed E-state index contributed by atoms with van der Waals surface area (Å²) in [5.41, 5.74) is 0. The van der Waals surface area contributed by atoms with Crippen LogP contribution in [0.25, 0.3) is 0 Å². The highest BCUT2D eigenvalue weighted by Crippen LogP contribution is 2.33. The van der Waals surface area contributed by atoms with Crippen LogP contribution in [-0.2, 0) is 9.53 Å². The summed E-state index contributed by atoms with van der Waals surface area (Å²) >= 11 is 0. The first-order valence-corrected chi connectivity index (χ1v) is 10.3. The third kappa shape index (κ3) is 6.45. The van der Waals surface area contributed by atoms with Gasteiger partial charge in [0.05, 0.1) is 5.92 Å². The van der Waals surface area contributed by atoms with Gasteiger partial charge in [-0.05, 0) is 76.0 Å². The average molecular weight is 333 g/mol. The number of rotatable bonds is 7. The van der Waals surface area contributed by atoms with E-state index in [4.69, 9.17) is 4.74 Å². The summed E-state index contributed by atoms with van der Waals surface area (Å²) in [4.78, 5) is 12.4. The van der Waals surface area contributed by atoms with Crippen molar-refractivity contribution in [2.75, 3.05) is 0 Å². The maximum absolute atomic E-state index is 12.4. The van der Waals surface area contributed by atoms with Crippen molar-refractivity contribution < 1.29 is 9.53 Å². The molecule has 2 aliphatic rings. The Morgan fingerprint density at radius 3 is 2.04 bits per heavy atom. The summed E-state index contributed by atoms with van der Waals surface area (Å²) in [5, 5.41) is 0. The minimum absolute atomic E-state index is 0.0820. The zero-order chi connectivity index (χ0) is 17.2. The number of allylic oxidation sites excluding steroid dienone is 4. The number of hydrogen-bond donors (Lipinski definition) is 0. The molecule has 0 amide bonds. The second-order valence-corrected chi connectivity index (χ2v) is 7.64. The Balaban J connectivity index is 1.66. The van der Waals surface area contributed by atoms with Gasteiger partial charge in [-0.2, -0.15) is 0 Å². The van der Waals surface area contributed by atoms with Crippen LogP contribution in [0.3, 0.4) is 0 Å². The summed E-state index contributed by atoms with van der Waals surface area (Å²) < 4.78 is 5.84.